The van der Waals surface area contributed by atoms with Crippen LogP contribution in [-0.2, 0) is 6.54 Å². The number of carbonyl (C=O) groups is 1. The van der Waals surface area contributed by atoms with Crippen LogP contribution in [0.5, 0.6) is 0 Å². The Bertz CT molecular complexity index is 700. The van der Waals surface area contributed by atoms with Crippen molar-refractivity contribution >= 4 is 5.91 Å². The first-order valence-electron chi connectivity index (χ1n) is 7.28. The minimum absolute atomic E-state index is 0.102. The molecular formula is C14H17N5O2. The molecule has 0 radical (unpaired) electrons. The second kappa shape index (κ2) is 4.41. The van der Waals surface area contributed by atoms with E-state index in [4.69, 9.17) is 4.42 Å². The van der Waals surface area contributed by atoms with Gasteiger partial charge in [0, 0.05) is 12.5 Å². The molecule has 0 spiro atoms. The molecule has 110 valence electrons. The summed E-state index contributed by atoms with van der Waals surface area (Å²) in [5, 5.41) is 8.61. The minimum Gasteiger partial charge on any atom is -0.448 e. The second-order valence-corrected chi connectivity index (χ2v) is 5.91. The van der Waals surface area contributed by atoms with Gasteiger partial charge >= 0.3 is 0 Å². The molecule has 2 aromatic heterocycles. The summed E-state index contributed by atoms with van der Waals surface area (Å²) in [7, 11) is 0. The van der Waals surface area contributed by atoms with Gasteiger partial charge in [-0.05, 0) is 26.7 Å². The summed E-state index contributed by atoms with van der Waals surface area (Å²) in [5.41, 5.74) is 0.387. The number of nitrogens with zero attached hydrogens (tertiary/aromatic N) is 5. The SMILES string of the molecule is Cc1ocnc1C(=O)N1Cc2nnc(C3CC3)n2[C@@H](C)C1. The summed E-state index contributed by atoms with van der Waals surface area (Å²) in [6, 6.07) is 0.190. The van der Waals surface area contributed by atoms with Crippen LogP contribution >= 0.6 is 0 Å². The molecule has 1 amide bonds. The summed E-state index contributed by atoms with van der Waals surface area (Å²) < 4.78 is 7.33. The molecule has 7 heteroatoms. The van der Waals surface area contributed by atoms with Gasteiger partial charge in [-0.2, -0.15) is 0 Å². The van der Waals surface area contributed by atoms with Crippen molar-refractivity contribution in [3.63, 3.8) is 0 Å². The molecule has 3 heterocycles. The van der Waals surface area contributed by atoms with Crippen LogP contribution in [0.15, 0.2) is 10.8 Å². The number of carbonyl (C=O) groups excluding carboxylic acids is 1. The Balaban J connectivity index is 1.63. The lowest BCUT2D eigenvalue weighted by molar-refractivity contribution is 0.0672. The third-order valence-corrected chi connectivity index (χ3v) is 4.23. The summed E-state index contributed by atoms with van der Waals surface area (Å²) in [4.78, 5) is 18.3. The molecule has 7 nitrogen and oxygen atoms in total. The average Bonchev–Trinajstić information content (AvgIpc) is 3.07. The van der Waals surface area contributed by atoms with Crippen LogP contribution < -0.4 is 0 Å². The molecule has 0 N–H and O–H groups in total. The van der Waals surface area contributed by atoms with Crippen LogP contribution in [0.2, 0.25) is 0 Å². The highest BCUT2D eigenvalue weighted by Gasteiger charge is 2.36. The summed E-state index contributed by atoms with van der Waals surface area (Å²) in [6.45, 7) is 4.99. The van der Waals surface area contributed by atoms with Crippen molar-refractivity contribution in [1.82, 2.24) is 24.6 Å². The van der Waals surface area contributed by atoms with E-state index in [9.17, 15) is 4.79 Å². The van der Waals surface area contributed by atoms with Crippen LogP contribution in [0.3, 0.4) is 0 Å². The smallest absolute Gasteiger partial charge is 0.276 e. The number of hydrogen-bond donors (Lipinski definition) is 0. The van der Waals surface area contributed by atoms with Gasteiger partial charge in [0.05, 0.1) is 12.6 Å². The van der Waals surface area contributed by atoms with Gasteiger partial charge in [0.15, 0.2) is 17.9 Å². The zero-order chi connectivity index (χ0) is 14.6. The molecule has 1 aliphatic carbocycles. The van der Waals surface area contributed by atoms with Gasteiger partial charge in [-0.25, -0.2) is 4.98 Å². The first-order chi connectivity index (χ1) is 10.1. The molecule has 1 saturated carbocycles. The van der Waals surface area contributed by atoms with Gasteiger partial charge in [-0.3, -0.25) is 4.79 Å². The number of rotatable bonds is 2. The number of fused-ring (bicyclic) bond motifs is 1. The molecule has 2 aromatic rings. The number of amides is 1. The Morgan fingerprint density at radius 2 is 2.19 bits per heavy atom. The standard InChI is InChI=1S/C14H17N5O2/c1-8-5-18(14(20)12-9(2)21-7-15-12)6-11-16-17-13(19(8)11)10-3-4-10/h7-8,10H,3-6H2,1-2H3/t8-/m0/s1. The van der Waals surface area contributed by atoms with E-state index >= 15 is 0 Å². The van der Waals surface area contributed by atoms with Gasteiger partial charge < -0.3 is 13.9 Å². The monoisotopic (exact) mass is 287 g/mol. The molecule has 0 bridgehead atoms. The van der Waals surface area contributed by atoms with Crippen molar-refractivity contribution in [3.05, 3.63) is 29.5 Å². The van der Waals surface area contributed by atoms with Gasteiger partial charge in [0.2, 0.25) is 0 Å². The Morgan fingerprint density at radius 3 is 2.86 bits per heavy atom. The van der Waals surface area contributed by atoms with Crippen molar-refractivity contribution in [2.24, 2.45) is 0 Å². The molecule has 21 heavy (non-hydrogen) atoms. The number of hydrogen-bond acceptors (Lipinski definition) is 5. The van der Waals surface area contributed by atoms with Gasteiger partial charge in [0.25, 0.3) is 5.91 Å². The molecule has 4 rings (SSSR count). The summed E-state index contributed by atoms with van der Waals surface area (Å²) in [5.74, 6) is 2.97. The highest BCUT2D eigenvalue weighted by atomic mass is 16.3. The van der Waals surface area contributed by atoms with Crippen LogP contribution in [-0.4, -0.2) is 37.1 Å². The fraction of sp³-hybridized carbons (Fsp3) is 0.571. The Kier molecular flexibility index (Phi) is 2.63. The van der Waals surface area contributed by atoms with Crippen molar-refractivity contribution in [2.45, 2.75) is 45.2 Å². The van der Waals surface area contributed by atoms with Crippen LogP contribution in [0.1, 0.15) is 59.6 Å². The molecule has 1 aliphatic heterocycles. The third-order valence-electron chi connectivity index (χ3n) is 4.23. The largest absolute Gasteiger partial charge is 0.448 e. The molecule has 1 fully saturated rings. The second-order valence-electron chi connectivity index (χ2n) is 5.91. The summed E-state index contributed by atoms with van der Waals surface area (Å²) in [6.07, 6.45) is 3.71. The van der Waals surface area contributed by atoms with Crippen LogP contribution in [0.4, 0.5) is 0 Å². The lowest BCUT2D eigenvalue weighted by atomic mass is 10.2. The molecule has 2 aliphatic rings. The van der Waals surface area contributed by atoms with Gasteiger partial charge in [0.1, 0.15) is 11.6 Å². The van der Waals surface area contributed by atoms with E-state index in [-0.39, 0.29) is 11.9 Å². The van der Waals surface area contributed by atoms with E-state index in [0.29, 0.717) is 30.5 Å². The van der Waals surface area contributed by atoms with E-state index in [1.165, 1.54) is 19.2 Å². The Labute approximate surface area is 122 Å². The quantitative estimate of drug-likeness (QED) is 0.839. The van der Waals surface area contributed by atoms with Crippen molar-refractivity contribution < 1.29 is 9.21 Å². The maximum absolute atomic E-state index is 12.5. The number of oxazole rings is 1. The Morgan fingerprint density at radius 1 is 1.38 bits per heavy atom. The van der Waals surface area contributed by atoms with Crippen molar-refractivity contribution in [2.75, 3.05) is 6.54 Å². The predicted octanol–water partition coefficient (Wildman–Crippen LogP) is 1.67. The number of aromatic nitrogens is 4. The van der Waals surface area contributed by atoms with Crippen LogP contribution in [0, 0.1) is 6.92 Å². The molecule has 0 saturated heterocycles. The van der Waals surface area contributed by atoms with E-state index in [1.54, 1.807) is 11.8 Å². The minimum atomic E-state index is -0.102. The van der Waals surface area contributed by atoms with Crippen molar-refractivity contribution in [3.8, 4) is 0 Å². The predicted molar refractivity (Wildman–Crippen MR) is 72.7 cm³/mol. The fourth-order valence-electron chi connectivity index (χ4n) is 3.00. The molecular weight excluding hydrogens is 270 g/mol. The highest BCUT2D eigenvalue weighted by Crippen LogP contribution is 2.41. The first-order valence-corrected chi connectivity index (χ1v) is 7.28. The van der Waals surface area contributed by atoms with Crippen molar-refractivity contribution in [1.29, 1.82) is 0 Å². The maximum atomic E-state index is 12.5. The Hall–Kier alpha value is -2.18. The third kappa shape index (κ3) is 1.95. The zero-order valence-electron chi connectivity index (χ0n) is 12.1. The lowest BCUT2D eigenvalue weighted by Gasteiger charge is -2.32. The molecule has 0 aromatic carbocycles. The van der Waals surface area contributed by atoms with E-state index in [1.807, 2.05) is 0 Å². The van der Waals surface area contributed by atoms with E-state index in [2.05, 4.69) is 26.7 Å². The van der Waals surface area contributed by atoms with E-state index < -0.39 is 0 Å². The topological polar surface area (TPSA) is 77.1 Å². The van der Waals surface area contributed by atoms with Gasteiger partial charge in [-0.15, -0.1) is 10.2 Å². The zero-order valence-corrected chi connectivity index (χ0v) is 12.1. The van der Waals surface area contributed by atoms with Gasteiger partial charge in [-0.1, -0.05) is 0 Å². The number of aryl methyl sites for hydroxylation is 1. The first kappa shape index (κ1) is 12.6. The van der Waals surface area contributed by atoms with Crippen LogP contribution in [0.25, 0.3) is 0 Å². The van der Waals surface area contributed by atoms with E-state index in [0.717, 1.165) is 11.6 Å². The fourth-order valence-corrected chi connectivity index (χ4v) is 3.00. The molecule has 1 atom stereocenters. The highest BCUT2D eigenvalue weighted by molar-refractivity contribution is 5.93. The maximum Gasteiger partial charge on any atom is 0.276 e. The average molecular weight is 287 g/mol. The molecule has 0 unspecified atom stereocenters. The summed E-state index contributed by atoms with van der Waals surface area (Å²) >= 11 is 0. The lowest BCUT2D eigenvalue weighted by Crippen LogP contribution is -2.41. The normalized spacial score (nSPS) is 21.4.